The molecule has 3 aliphatic rings. The third kappa shape index (κ3) is 6.26. The van der Waals surface area contributed by atoms with Crippen LogP contribution in [0.2, 0.25) is 0 Å². The number of rotatable bonds is 10. The van der Waals surface area contributed by atoms with Gasteiger partial charge in [-0.2, -0.15) is 18.4 Å². The third-order valence-electron chi connectivity index (χ3n) is 9.03. The van der Waals surface area contributed by atoms with Gasteiger partial charge in [0.05, 0.1) is 39.7 Å². The normalized spacial score (nSPS) is 18.7. The summed E-state index contributed by atoms with van der Waals surface area (Å²) in [5.74, 6) is -3.12. The first-order valence-electron chi connectivity index (χ1n) is 15.9. The van der Waals surface area contributed by atoms with Gasteiger partial charge in [0, 0.05) is 44.4 Å². The first kappa shape index (κ1) is 34.7. The molecule has 3 aliphatic heterocycles. The van der Waals surface area contributed by atoms with Crippen molar-refractivity contribution in [2.75, 3.05) is 23.3 Å². The fraction of sp³-hybridized carbons (Fsp3) is 0.364. The summed E-state index contributed by atoms with van der Waals surface area (Å²) in [5, 5.41) is 22.6. The van der Waals surface area contributed by atoms with Crippen LogP contribution < -0.4 is 15.5 Å². The Labute approximate surface area is 287 Å². The number of nitrogens with zero attached hydrogens (tertiary/aromatic N) is 7. The number of carbonyl (C=O) groups is 6. The highest BCUT2D eigenvalue weighted by atomic mass is 19.4. The Morgan fingerprint density at radius 3 is 2.53 bits per heavy atom. The average molecular weight is 706 g/mol. The number of urea groups is 1. The highest BCUT2D eigenvalue weighted by Gasteiger charge is 2.52. The van der Waals surface area contributed by atoms with Crippen molar-refractivity contribution in [3.63, 3.8) is 0 Å². The van der Waals surface area contributed by atoms with Gasteiger partial charge in [0.1, 0.15) is 11.6 Å². The van der Waals surface area contributed by atoms with Gasteiger partial charge < -0.3 is 10.2 Å². The Balaban J connectivity index is 1.05. The molecule has 0 bridgehead atoms. The van der Waals surface area contributed by atoms with Crippen molar-refractivity contribution in [2.45, 2.75) is 63.8 Å². The smallest absolute Gasteiger partial charge is 0.384 e. The molecule has 0 radical (unpaired) electrons. The van der Waals surface area contributed by atoms with Gasteiger partial charge in [-0.05, 0) is 57.0 Å². The second-order valence-electron chi connectivity index (χ2n) is 12.7. The Hall–Kier alpha value is -6.12. The molecule has 7 amide bonds. The molecule has 4 heterocycles. The highest BCUT2D eigenvalue weighted by molar-refractivity contribution is 6.25. The number of alkyl halides is 3. The topological polar surface area (TPSA) is 191 Å². The zero-order valence-electron chi connectivity index (χ0n) is 27.3. The number of imide groups is 3. The lowest BCUT2D eigenvalue weighted by Gasteiger charge is -2.27. The Bertz CT molecular complexity index is 2040. The van der Waals surface area contributed by atoms with Gasteiger partial charge in [0.2, 0.25) is 11.8 Å². The standard InChI is InChI=1S/C33H30F3N9O6/c1-32(2)30(50)44(20-8-7-18(16-37)22(15-20)33(34,35)36)31(51)43(32)14-4-13-42-17-19(40-41-42)11-12-38-23-6-3-5-21-26(23)29(49)45(28(21)48)24-9-10-25(46)39-27(24)47/h3,5-8,15,17,24,38H,4,9-14H2,1-2H3,(H,39,46,47). The minimum absolute atomic E-state index is 0.0111. The van der Waals surface area contributed by atoms with Crippen LogP contribution in [0.25, 0.3) is 0 Å². The monoisotopic (exact) mass is 705 g/mol. The van der Waals surface area contributed by atoms with Gasteiger partial charge in [0.15, 0.2) is 0 Å². The van der Waals surface area contributed by atoms with E-state index in [4.69, 9.17) is 5.26 Å². The molecule has 15 nitrogen and oxygen atoms in total. The van der Waals surface area contributed by atoms with E-state index >= 15 is 0 Å². The van der Waals surface area contributed by atoms with E-state index in [-0.39, 0.29) is 36.2 Å². The lowest BCUT2D eigenvalue weighted by Crippen LogP contribution is -2.54. The van der Waals surface area contributed by atoms with Crippen molar-refractivity contribution >= 4 is 46.9 Å². The van der Waals surface area contributed by atoms with Gasteiger partial charge in [-0.3, -0.25) is 38.9 Å². The number of piperidine rings is 1. The molecule has 1 aromatic heterocycles. The Kier molecular flexibility index (Phi) is 8.83. The molecule has 1 atom stereocenters. The quantitative estimate of drug-likeness (QED) is 0.234. The number of fused-ring (bicyclic) bond motifs is 1. The molecule has 0 aliphatic carbocycles. The summed E-state index contributed by atoms with van der Waals surface area (Å²) in [7, 11) is 0. The molecule has 2 fully saturated rings. The number of anilines is 2. The lowest BCUT2D eigenvalue weighted by atomic mass is 10.0. The number of aryl methyl sites for hydroxylation is 1. The van der Waals surface area contributed by atoms with Crippen LogP contribution in [-0.4, -0.2) is 85.0 Å². The molecule has 6 rings (SSSR count). The zero-order valence-corrected chi connectivity index (χ0v) is 27.3. The Morgan fingerprint density at radius 2 is 1.82 bits per heavy atom. The molecular weight excluding hydrogens is 675 g/mol. The molecule has 2 saturated heterocycles. The zero-order chi connectivity index (χ0) is 36.8. The van der Waals surface area contributed by atoms with E-state index in [2.05, 4.69) is 20.9 Å². The molecule has 3 aromatic rings. The number of benzene rings is 2. The Morgan fingerprint density at radius 1 is 1.06 bits per heavy atom. The van der Waals surface area contributed by atoms with Gasteiger partial charge in [-0.15, -0.1) is 5.10 Å². The molecule has 2 N–H and O–H groups in total. The van der Waals surface area contributed by atoms with E-state index in [0.717, 1.165) is 17.0 Å². The average Bonchev–Trinajstić information content (AvgIpc) is 3.68. The molecule has 18 heteroatoms. The van der Waals surface area contributed by atoms with E-state index < -0.39 is 64.5 Å². The van der Waals surface area contributed by atoms with Crippen molar-refractivity contribution in [1.29, 1.82) is 5.26 Å². The van der Waals surface area contributed by atoms with E-state index in [1.54, 1.807) is 23.0 Å². The third-order valence-corrected chi connectivity index (χ3v) is 9.03. The van der Waals surface area contributed by atoms with E-state index in [1.165, 1.54) is 30.9 Å². The summed E-state index contributed by atoms with van der Waals surface area (Å²) in [6.07, 6.45) is -2.43. The van der Waals surface area contributed by atoms with Crippen LogP contribution in [0, 0.1) is 11.3 Å². The summed E-state index contributed by atoms with van der Waals surface area (Å²) in [6, 6.07) is 7.04. The number of aromatic nitrogens is 3. The lowest BCUT2D eigenvalue weighted by molar-refractivity contribution is -0.138. The van der Waals surface area contributed by atoms with Crippen LogP contribution in [-0.2, 0) is 33.5 Å². The molecule has 264 valence electrons. The highest BCUT2D eigenvalue weighted by Crippen LogP contribution is 2.38. The number of nitriles is 1. The number of hydrogen-bond donors (Lipinski definition) is 2. The predicted molar refractivity (Wildman–Crippen MR) is 170 cm³/mol. The fourth-order valence-corrected chi connectivity index (χ4v) is 6.38. The van der Waals surface area contributed by atoms with Crippen molar-refractivity contribution in [1.82, 2.24) is 30.1 Å². The van der Waals surface area contributed by atoms with E-state index in [1.807, 2.05) is 0 Å². The number of hydrogen-bond acceptors (Lipinski definition) is 10. The van der Waals surface area contributed by atoms with Gasteiger partial charge in [-0.1, -0.05) is 11.3 Å². The van der Waals surface area contributed by atoms with Crippen LogP contribution in [0.5, 0.6) is 0 Å². The van der Waals surface area contributed by atoms with Crippen LogP contribution in [0.1, 0.15) is 70.6 Å². The molecular formula is C33H30F3N9O6. The maximum absolute atomic E-state index is 13.6. The summed E-state index contributed by atoms with van der Waals surface area (Å²) in [4.78, 5) is 79.7. The molecule has 2 aromatic carbocycles. The number of nitrogens with one attached hydrogen (secondary N) is 2. The summed E-state index contributed by atoms with van der Waals surface area (Å²) < 4.78 is 42.2. The first-order chi connectivity index (χ1) is 24.1. The predicted octanol–water partition coefficient (Wildman–Crippen LogP) is 2.86. The minimum Gasteiger partial charge on any atom is -0.384 e. The SMILES string of the molecule is CC1(C)C(=O)N(c2ccc(C#N)c(C(F)(F)F)c2)C(=O)N1CCCn1cc(CCNc2cccc3c2C(=O)N(C2CCC(=O)NC2=O)C3=O)nn1. The van der Waals surface area contributed by atoms with Gasteiger partial charge >= 0.3 is 12.2 Å². The number of halogens is 3. The number of amides is 7. The molecule has 51 heavy (non-hydrogen) atoms. The second-order valence-corrected chi connectivity index (χ2v) is 12.7. The number of carbonyl (C=O) groups excluding carboxylic acids is 6. The first-order valence-corrected chi connectivity index (χ1v) is 15.9. The van der Waals surface area contributed by atoms with Crippen LogP contribution in [0.3, 0.4) is 0 Å². The van der Waals surface area contributed by atoms with Crippen molar-refractivity contribution < 1.29 is 41.9 Å². The largest absolute Gasteiger partial charge is 0.417 e. The van der Waals surface area contributed by atoms with E-state index in [9.17, 15) is 41.9 Å². The summed E-state index contributed by atoms with van der Waals surface area (Å²) in [6.45, 7) is 3.67. The summed E-state index contributed by atoms with van der Waals surface area (Å²) >= 11 is 0. The van der Waals surface area contributed by atoms with Crippen LogP contribution in [0.15, 0.2) is 42.6 Å². The molecule has 0 saturated carbocycles. The maximum Gasteiger partial charge on any atom is 0.417 e. The van der Waals surface area contributed by atoms with E-state index in [0.29, 0.717) is 48.3 Å². The second kappa shape index (κ2) is 13.0. The fourth-order valence-electron chi connectivity index (χ4n) is 6.38. The maximum atomic E-state index is 13.6. The minimum atomic E-state index is -4.86. The summed E-state index contributed by atoms with van der Waals surface area (Å²) in [5.41, 5.74) is -2.26. The van der Waals surface area contributed by atoms with Crippen molar-refractivity contribution in [3.05, 3.63) is 70.5 Å². The van der Waals surface area contributed by atoms with Crippen LogP contribution in [0.4, 0.5) is 29.3 Å². The molecule has 1 unspecified atom stereocenters. The van der Waals surface area contributed by atoms with Crippen LogP contribution >= 0.6 is 0 Å². The van der Waals surface area contributed by atoms with Gasteiger partial charge in [0.25, 0.3) is 17.7 Å². The van der Waals surface area contributed by atoms with Crippen molar-refractivity contribution in [3.8, 4) is 6.07 Å². The molecule has 0 spiro atoms. The van der Waals surface area contributed by atoms with Crippen molar-refractivity contribution in [2.24, 2.45) is 0 Å². The van der Waals surface area contributed by atoms with Gasteiger partial charge in [-0.25, -0.2) is 9.69 Å².